The summed E-state index contributed by atoms with van der Waals surface area (Å²) in [6.45, 7) is 2.02. The van der Waals surface area contributed by atoms with Crippen molar-refractivity contribution in [1.29, 1.82) is 0 Å². The van der Waals surface area contributed by atoms with Crippen LogP contribution in [0.1, 0.15) is 33.6 Å². The summed E-state index contributed by atoms with van der Waals surface area (Å²) in [6, 6.07) is 15.5. The number of hydrogen-bond donors (Lipinski definition) is 1. The molecule has 0 spiro atoms. The molecule has 0 aliphatic rings. The average molecular weight is 405 g/mol. The van der Waals surface area contributed by atoms with Crippen molar-refractivity contribution in [2.45, 2.75) is 25.3 Å². The lowest BCUT2D eigenvalue weighted by Crippen LogP contribution is -2.37. The molecule has 3 nitrogen and oxygen atoms in total. The summed E-state index contributed by atoms with van der Waals surface area (Å²) in [7, 11) is 0. The minimum Gasteiger partial charge on any atom is -0.348 e. The second-order valence-corrected chi connectivity index (χ2v) is 7.88. The Morgan fingerprint density at radius 3 is 2.27 bits per heavy atom. The molecule has 1 heterocycles. The number of thiazole rings is 1. The number of halogens is 2. The van der Waals surface area contributed by atoms with Crippen LogP contribution in [0, 0.1) is 0 Å². The molecule has 0 fully saturated rings. The average Bonchev–Trinajstić information content (AvgIpc) is 3.17. The van der Waals surface area contributed by atoms with Crippen molar-refractivity contribution in [3.8, 4) is 0 Å². The van der Waals surface area contributed by atoms with Crippen molar-refractivity contribution in [3.05, 3.63) is 86.3 Å². The first-order chi connectivity index (χ1) is 12.5. The molecule has 0 saturated carbocycles. The molecule has 2 atom stereocenters. The molecule has 0 aliphatic heterocycles. The summed E-state index contributed by atoms with van der Waals surface area (Å²) in [6.07, 6.45) is 2.37. The van der Waals surface area contributed by atoms with Crippen molar-refractivity contribution in [1.82, 2.24) is 10.3 Å². The molecular weight excluding hydrogens is 387 g/mol. The van der Waals surface area contributed by atoms with E-state index in [1.807, 2.05) is 55.5 Å². The number of benzene rings is 2. The second-order valence-electron chi connectivity index (χ2n) is 6.12. The summed E-state index contributed by atoms with van der Waals surface area (Å²) >= 11 is 13.4. The summed E-state index contributed by atoms with van der Waals surface area (Å²) in [5.41, 5.74) is 3.94. The van der Waals surface area contributed by atoms with Crippen molar-refractivity contribution in [2.24, 2.45) is 0 Å². The van der Waals surface area contributed by atoms with Gasteiger partial charge in [0, 0.05) is 22.0 Å². The molecule has 2 aromatic carbocycles. The van der Waals surface area contributed by atoms with Gasteiger partial charge in [-0.3, -0.25) is 9.78 Å². The van der Waals surface area contributed by atoms with Gasteiger partial charge in [-0.2, -0.15) is 0 Å². The fourth-order valence-electron chi connectivity index (χ4n) is 2.87. The van der Waals surface area contributed by atoms with E-state index in [-0.39, 0.29) is 17.9 Å². The Morgan fingerprint density at radius 1 is 1.08 bits per heavy atom. The summed E-state index contributed by atoms with van der Waals surface area (Å²) in [4.78, 5) is 17.0. The van der Waals surface area contributed by atoms with Crippen LogP contribution in [-0.4, -0.2) is 16.9 Å². The van der Waals surface area contributed by atoms with Crippen molar-refractivity contribution >= 4 is 40.4 Å². The summed E-state index contributed by atoms with van der Waals surface area (Å²) in [5, 5.41) is 4.51. The Labute approximate surface area is 167 Å². The molecule has 0 aliphatic carbocycles. The number of nitrogens with one attached hydrogen (secondary N) is 1. The first-order valence-electron chi connectivity index (χ1n) is 8.22. The van der Waals surface area contributed by atoms with E-state index in [1.54, 1.807) is 11.7 Å². The topological polar surface area (TPSA) is 42.0 Å². The summed E-state index contributed by atoms with van der Waals surface area (Å²) < 4.78 is 0. The normalized spacial score (nSPS) is 13.2. The Bertz CT molecular complexity index is 849. The molecule has 1 amide bonds. The molecule has 6 heteroatoms. The molecule has 0 bridgehead atoms. The third kappa shape index (κ3) is 4.85. The highest BCUT2D eigenvalue weighted by atomic mass is 35.5. The number of carbonyl (C=O) groups is 1. The Balaban J connectivity index is 1.82. The molecule has 1 N–H and O–H groups in total. The van der Waals surface area contributed by atoms with Gasteiger partial charge in [-0.1, -0.05) is 47.5 Å². The van der Waals surface area contributed by atoms with Gasteiger partial charge >= 0.3 is 0 Å². The highest BCUT2D eigenvalue weighted by Gasteiger charge is 2.22. The summed E-state index contributed by atoms with van der Waals surface area (Å²) in [5.74, 6) is 0.000355. The lowest BCUT2D eigenvalue weighted by Gasteiger charge is -2.26. The molecule has 3 aromatic rings. The smallest absolute Gasteiger partial charge is 0.263 e. The quantitative estimate of drug-likeness (QED) is 0.581. The van der Waals surface area contributed by atoms with Gasteiger partial charge in [-0.15, -0.1) is 11.3 Å². The van der Waals surface area contributed by atoms with Gasteiger partial charge in [0.15, 0.2) is 0 Å². The molecule has 0 radical (unpaired) electrons. The Morgan fingerprint density at radius 2 is 1.69 bits per heavy atom. The van der Waals surface area contributed by atoms with Crippen molar-refractivity contribution < 1.29 is 4.79 Å². The minimum absolute atomic E-state index is 0.0681. The lowest BCUT2D eigenvalue weighted by molar-refractivity contribution is 0.0938. The second kappa shape index (κ2) is 8.67. The van der Waals surface area contributed by atoms with Crippen LogP contribution < -0.4 is 5.32 Å². The van der Waals surface area contributed by atoms with Crippen LogP contribution in [0.4, 0.5) is 0 Å². The van der Waals surface area contributed by atoms with Crippen LogP contribution in [0.15, 0.2) is 60.2 Å². The molecular formula is C20H18Cl2N2OS. The van der Waals surface area contributed by atoms with Crippen molar-refractivity contribution in [2.75, 3.05) is 0 Å². The van der Waals surface area contributed by atoms with E-state index in [2.05, 4.69) is 10.3 Å². The van der Waals surface area contributed by atoms with Crippen LogP contribution in [0.25, 0.3) is 0 Å². The number of carbonyl (C=O) groups excluding carboxylic acids is 1. The van der Waals surface area contributed by atoms with Crippen LogP contribution in [0.2, 0.25) is 10.0 Å². The largest absolute Gasteiger partial charge is 0.348 e. The zero-order valence-corrected chi connectivity index (χ0v) is 16.5. The third-order valence-corrected chi connectivity index (χ3v) is 5.56. The van der Waals surface area contributed by atoms with Crippen LogP contribution in [0.5, 0.6) is 0 Å². The van der Waals surface area contributed by atoms with E-state index < -0.39 is 0 Å². The van der Waals surface area contributed by atoms with E-state index in [1.165, 1.54) is 11.3 Å². The first kappa shape index (κ1) is 18.9. The van der Waals surface area contributed by atoms with Gasteiger partial charge < -0.3 is 5.32 Å². The zero-order chi connectivity index (χ0) is 18.5. The van der Waals surface area contributed by atoms with E-state index in [0.29, 0.717) is 14.9 Å². The van der Waals surface area contributed by atoms with E-state index in [4.69, 9.17) is 23.2 Å². The lowest BCUT2D eigenvalue weighted by atomic mass is 9.86. The maximum Gasteiger partial charge on any atom is 0.263 e. The minimum atomic E-state index is -0.102. The first-order valence-corrected chi connectivity index (χ1v) is 9.86. The maximum absolute atomic E-state index is 12.4. The van der Waals surface area contributed by atoms with Gasteiger partial charge in [-0.05, 0) is 48.7 Å². The van der Waals surface area contributed by atoms with E-state index >= 15 is 0 Å². The predicted molar refractivity (Wildman–Crippen MR) is 108 cm³/mol. The number of aromatic nitrogens is 1. The van der Waals surface area contributed by atoms with Gasteiger partial charge in [0.1, 0.15) is 4.88 Å². The fourth-order valence-corrected chi connectivity index (χ4v) is 3.65. The van der Waals surface area contributed by atoms with E-state index in [9.17, 15) is 4.79 Å². The number of nitrogens with zero attached hydrogens (tertiary/aromatic N) is 1. The molecule has 26 heavy (non-hydrogen) atoms. The number of hydrogen-bond acceptors (Lipinski definition) is 3. The van der Waals surface area contributed by atoms with Crippen LogP contribution in [-0.2, 0) is 6.42 Å². The fraction of sp³-hybridized carbons (Fsp3) is 0.200. The number of amides is 1. The highest BCUT2D eigenvalue weighted by Crippen LogP contribution is 2.27. The van der Waals surface area contributed by atoms with Crippen LogP contribution >= 0.6 is 34.5 Å². The molecule has 1 aromatic heterocycles. The third-order valence-electron chi connectivity index (χ3n) is 4.29. The molecule has 0 saturated heterocycles. The van der Waals surface area contributed by atoms with Crippen LogP contribution in [0.3, 0.4) is 0 Å². The van der Waals surface area contributed by atoms with Gasteiger partial charge in [0.25, 0.3) is 5.91 Å². The zero-order valence-electron chi connectivity index (χ0n) is 14.2. The van der Waals surface area contributed by atoms with Crippen molar-refractivity contribution in [3.63, 3.8) is 0 Å². The molecule has 134 valence electrons. The predicted octanol–water partition coefficient (Wildman–Crippen LogP) is 5.59. The van der Waals surface area contributed by atoms with Gasteiger partial charge in [0.2, 0.25) is 0 Å². The monoisotopic (exact) mass is 404 g/mol. The molecule has 0 unspecified atom stereocenters. The SMILES string of the molecule is C[C@@H](NC(=O)c1cncs1)[C@H](Cc1ccc(Cl)cc1)c1ccc(Cl)cc1. The highest BCUT2D eigenvalue weighted by molar-refractivity contribution is 7.11. The standard InChI is InChI=1S/C20H18Cl2N2OS/c1-13(24-20(25)19-11-23-12-26-19)18(15-4-8-17(22)9-5-15)10-14-2-6-16(21)7-3-14/h2-9,11-13,18H,10H2,1H3,(H,24,25)/t13-,18+/m1/s1. The maximum atomic E-state index is 12.4. The Kier molecular flexibility index (Phi) is 6.30. The van der Waals surface area contributed by atoms with Gasteiger partial charge in [0.05, 0.1) is 11.7 Å². The number of rotatable bonds is 6. The Hall–Kier alpha value is -1.88. The van der Waals surface area contributed by atoms with E-state index in [0.717, 1.165) is 17.5 Å². The van der Waals surface area contributed by atoms with Gasteiger partial charge in [-0.25, -0.2) is 0 Å². The molecule has 3 rings (SSSR count).